The summed E-state index contributed by atoms with van der Waals surface area (Å²) in [5, 5.41) is 14.3. The lowest BCUT2D eigenvalue weighted by atomic mass is 10.1. The van der Waals surface area contributed by atoms with E-state index in [2.05, 4.69) is 10.0 Å². The summed E-state index contributed by atoms with van der Waals surface area (Å²) in [5.74, 6) is -1.18. The van der Waals surface area contributed by atoms with Crippen molar-refractivity contribution in [1.29, 1.82) is 0 Å². The van der Waals surface area contributed by atoms with E-state index in [0.717, 1.165) is 11.3 Å². The molecule has 11 heteroatoms. The molecule has 0 aliphatic carbocycles. The summed E-state index contributed by atoms with van der Waals surface area (Å²) in [6, 6.07) is 7.65. The number of carboxylic acids is 1. The smallest absolute Gasteiger partial charge is 0.337 e. The number of piperazine rings is 1. The summed E-state index contributed by atoms with van der Waals surface area (Å²) in [7, 11) is -3.76. The average Bonchev–Trinajstić information content (AvgIpc) is 3.23. The van der Waals surface area contributed by atoms with E-state index in [4.69, 9.17) is 0 Å². The number of carbonyl (C=O) groups is 2. The Hall–Kier alpha value is -2.63. The molecule has 0 unspecified atom stereocenters. The predicted octanol–water partition coefficient (Wildman–Crippen LogP) is 2.28. The van der Waals surface area contributed by atoms with Crippen molar-refractivity contribution in [3.05, 3.63) is 41.3 Å². The van der Waals surface area contributed by atoms with Gasteiger partial charge >= 0.3 is 5.97 Å². The van der Waals surface area contributed by atoms with Crippen molar-refractivity contribution >= 4 is 44.6 Å². The standard InChI is InChI=1S/C21H28N4O5S2/c1-21(2,3)22-18(26)14-24-8-10-25(11-9-24)17-7-6-15(13-16(17)20(27)28)23-32(29,30)19-5-4-12-31-19/h4-7,12-13,23H,8-11,14H2,1-3H3,(H,22,26)(H,27,28). The van der Waals surface area contributed by atoms with Gasteiger partial charge in [-0.25, -0.2) is 13.2 Å². The Bertz CT molecular complexity index is 1070. The van der Waals surface area contributed by atoms with Crippen molar-refractivity contribution < 1.29 is 23.1 Å². The Balaban J connectivity index is 1.68. The van der Waals surface area contributed by atoms with Gasteiger partial charge in [0.25, 0.3) is 10.0 Å². The summed E-state index contributed by atoms with van der Waals surface area (Å²) in [6.07, 6.45) is 0. The molecule has 1 aromatic carbocycles. The van der Waals surface area contributed by atoms with Crippen LogP contribution in [0.4, 0.5) is 11.4 Å². The first-order chi connectivity index (χ1) is 14.9. The van der Waals surface area contributed by atoms with Crippen LogP contribution in [0.5, 0.6) is 0 Å². The number of carboxylic acid groups (broad SMARTS) is 1. The number of hydrogen-bond acceptors (Lipinski definition) is 7. The highest BCUT2D eigenvalue weighted by Gasteiger charge is 2.25. The first-order valence-corrected chi connectivity index (χ1v) is 12.5. The molecule has 2 aromatic rings. The average molecular weight is 481 g/mol. The van der Waals surface area contributed by atoms with Gasteiger partial charge in [-0.15, -0.1) is 11.3 Å². The lowest BCUT2D eigenvalue weighted by molar-refractivity contribution is -0.123. The van der Waals surface area contributed by atoms with E-state index in [1.807, 2.05) is 30.6 Å². The van der Waals surface area contributed by atoms with Crippen molar-refractivity contribution in [3.8, 4) is 0 Å². The van der Waals surface area contributed by atoms with Crippen LogP contribution in [-0.2, 0) is 14.8 Å². The minimum absolute atomic E-state index is 0.0234. The summed E-state index contributed by atoms with van der Waals surface area (Å²) >= 11 is 1.08. The van der Waals surface area contributed by atoms with Crippen molar-refractivity contribution in [2.45, 2.75) is 30.5 Å². The number of thiophene rings is 1. The quantitative estimate of drug-likeness (QED) is 0.556. The zero-order valence-corrected chi connectivity index (χ0v) is 19.9. The molecule has 3 N–H and O–H groups in total. The van der Waals surface area contributed by atoms with Crippen LogP contribution in [0.15, 0.2) is 39.9 Å². The maximum absolute atomic E-state index is 12.4. The lowest BCUT2D eigenvalue weighted by Gasteiger charge is -2.36. The summed E-state index contributed by atoms with van der Waals surface area (Å²) in [4.78, 5) is 28.0. The maximum Gasteiger partial charge on any atom is 0.337 e. The van der Waals surface area contributed by atoms with Crippen LogP contribution in [0, 0.1) is 0 Å². The third-order valence-corrected chi connectivity index (χ3v) is 7.61. The first kappa shape index (κ1) is 24.0. The van der Waals surface area contributed by atoms with Gasteiger partial charge in [0, 0.05) is 37.4 Å². The number of anilines is 2. The largest absolute Gasteiger partial charge is 0.478 e. The monoisotopic (exact) mass is 480 g/mol. The molecule has 0 saturated carbocycles. The molecule has 1 aliphatic rings. The molecule has 0 radical (unpaired) electrons. The molecular weight excluding hydrogens is 452 g/mol. The van der Waals surface area contributed by atoms with Crippen LogP contribution < -0.4 is 14.9 Å². The minimum atomic E-state index is -3.76. The summed E-state index contributed by atoms with van der Waals surface area (Å²) in [5.41, 5.74) is 0.449. The molecule has 1 amide bonds. The van der Waals surface area contributed by atoms with E-state index in [1.54, 1.807) is 23.6 Å². The highest BCUT2D eigenvalue weighted by molar-refractivity contribution is 7.94. The maximum atomic E-state index is 12.4. The van der Waals surface area contributed by atoms with Gasteiger partial charge in [-0.3, -0.25) is 14.4 Å². The number of hydrogen-bond donors (Lipinski definition) is 3. The molecule has 0 bridgehead atoms. The third-order valence-electron chi connectivity index (χ3n) is 4.83. The van der Waals surface area contributed by atoms with Crippen LogP contribution in [0.3, 0.4) is 0 Å². The van der Waals surface area contributed by atoms with Gasteiger partial charge in [0.15, 0.2) is 0 Å². The topological polar surface area (TPSA) is 119 Å². The number of aromatic carboxylic acids is 1. The molecule has 9 nitrogen and oxygen atoms in total. The second-order valence-corrected chi connectivity index (χ2v) is 11.5. The molecule has 1 fully saturated rings. The second kappa shape index (κ2) is 9.47. The Morgan fingerprint density at radius 2 is 1.81 bits per heavy atom. The van der Waals surface area contributed by atoms with Crippen LogP contribution in [0.25, 0.3) is 0 Å². The highest BCUT2D eigenvalue weighted by Crippen LogP contribution is 2.28. The van der Waals surface area contributed by atoms with Crippen molar-refractivity contribution in [2.24, 2.45) is 0 Å². The second-order valence-electron chi connectivity index (χ2n) is 8.64. The van der Waals surface area contributed by atoms with Gasteiger partial charge in [-0.05, 0) is 50.4 Å². The number of benzene rings is 1. The molecule has 2 heterocycles. The Labute approximate surface area is 192 Å². The van der Waals surface area contributed by atoms with E-state index >= 15 is 0 Å². The van der Waals surface area contributed by atoms with Gasteiger partial charge in [0.2, 0.25) is 5.91 Å². The van der Waals surface area contributed by atoms with Gasteiger partial charge in [-0.2, -0.15) is 0 Å². The molecule has 0 atom stereocenters. The zero-order chi connectivity index (χ0) is 23.5. The number of rotatable bonds is 7. The molecule has 3 rings (SSSR count). The number of carbonyl (C=O) groups excluding carboxylic acids is 1. The highest BCUT2D eigenvalue weighted by atomic mass is 32.2. The normalized spacial score (nSPS) is 15.4. The van der Waals surface area contributed by atoms with E-state index in [1.165, 1.54) is 12.1 Å². The number of nitrogens with one attached hydrogen (secondary N) is 2. The van der Waals surface area contributed by atoms with Gasteiger partial charge in [-0.1, -0.05) is 6.07 Å². The molecule has 1 aromatic heterocycles. The number of nitrogens with zero attached hydrogens (tertiary/aromatic N) is 2. The zero-order valence-electron chi connectivity index (χ0n) is 18.3. The van der Waals surface area contributed by atoms with Gasteiger partial charge in [0.05, 0.1) is 17.8 Å². The third kappa shape index (κ3) is 6.21. The lowest BCUT2D eigenvalue weighted by Crippen LogP contribution is -2.52. The van der Waals surface area contributed by atoms with Crippen LogP contribution >= 0.6 is 11.3 Å². The summed E-state index contributed by atoms with van der Waals surface area (Å²) in [6.45, 7) is 8.43. The van der Waals surface area contributed by atoms with Crippen molar-refractivity contribution in [1.82, 2.24) is 10.2 Å². The van der Waals surface area contributed by atoms with Crippen molar-refractivity contribution in [3.63, 3.8) is 0 Å². The van der Waals surface area contributed by atoms with Crippen LogP contribution in [0.2, 0.25) is 0 Å². The number of amides is 1. The number of sulfonamides is 1. The van der Waals surface area contributed by atoms with Gasteiger partial charge in [0.1, 0.15) is 4.21 Å². The molecule has 1 aliphatic heterocycles. The fraction of sp³-hybridized carbons (Fsp3) is 0.429. The molecular formula is C21H28N4O5S2. The minimum Gasteiger partial charge on any atom is -0.478 e. The predicted molar refractivity (Wildman–Crippen MR) is 125 cm³/mol. The van der Waals surface area contributed by atoms with E-state index in [-0.39, 0.29) is 26.9 Å². The SMILES string of the molecule is CC(C)(C)NC(=O)CN1CCN(c2ccc(NS(=O)(=O)c3cccs3)cc2C(=O)O)CC1. The van der Waals surface area contributed by atoms with E-state index < -0.39 is 16.0 Å². The fourth-order valence-electron chi connectivity index (χ4n) is 3.48. The molecule has 174 valence electrons. The first-order valence-electron chi connectivity index (χ1n) is 10.2. The molecule has 1 saturated heterocycles. The fourth-order valence-corrected chi connectivity index (χ4v) is 5.52. The molecule has 0 spiro atoms. The van der Waals surface area contributed by atoms with Crippen LogP contribution in [-0.4, -0.2) is 68.6 Å². The molecule has 32 heavy (non-hydrogen) atoms. The van der Waals surface area contributed by atoms with Crippen LogP contribution in [0.1, 0.15) is 31.1 Å². The summed E-state index contributed by atoms with van der Waals surface area (Å²) < 4.78 is 27.5. The Morgan fingerprint density at radius 3 is 2.38 bits per heavy atom. The Kier molecular flexibility index (Phi) is 7.11. The van der Waals surface area contributed by atoms with E-state index in [0.29, 0.717) is 38.4 Å². The van der Waals surface area contributed by atoms with E-state index in [9.17, 15) is 23.1 Å². The van der Waals surface area contributed by atoms with Crippen molar-refractivity contribution in [2.75, 3.05) is 42.3 Å². The Morgan fingerprint density at radius 1 is 1.12 bits per heavy atom. The van der Waals surface area contributed by atoms with Gasteiger partial charge < -0.3 is 15.3 Å².